The third kappa shape index (κ3) is 2.64. The van der Waals surface area contributed by atoms with Crippen LogP contribution in [0.25, 0.3) is 0 Å². The van der Waals surface area contributed by atoms with Crippen molar-refractivity contribution in [2.45, 2.75) is 13.5 Å². The van der Waals surface area contributed by atoms with Gasteiger partial charge in [-0.3, -0.25) is 0 Å². The van der Waals surface area contributed by atoms with Gasteiger partial charge in [-0.25, -0.2) is 4.98 Å². The van der Waals surface area contributed by atoms with Gasteiger partial charge < -0.3 is 14.6 Å². The van der Waals surface area contributed by atoms with Gasteiger partial charge in [0.1, 0.15) is 11.6 Å². The number of nitrogens with one attached hydrogen (secondary N) is 1. The van der Waals surface area contributed by atoms with E-state index in [-0.39, 0.29) is 0 Å². The van der Waals surface area contributed by atoms with E-state index in [1.807, 2.05) is 24.9 Å². The van der Waals surface area contributed by atoms with Gasteiger partial charge in [0.05, 0.1) is 10.7 Å². The topological polar surface area (TPSA) is 54.2 Å². The predicted molar refractivity (Wildman–Crippen MR) is 74.8 cm³/mol. The van der Waals surface area contributed by atoms with Crippen molar-refractivity contribution in [2.24, 2.45) is 0 Å². The second-order valence-corrected chi connectivity index (χ2v) is 4.83. The summed E-state index contributed by atoms with van der Waals surface area (Å²) >= 11 is 3.46. The molecule has 6 heteroatoms. The molecule has 5 nitrogen and oxygen atoms in total. The van der Waals surface area contributed by atoms with Gasteiger partial charge >= 0.3 is 0 Å². The second-order valence-electron chi connectivity index (χ2n) is 3.97. The number of furan rings is 1. The molecule has 2 rings (SSSR count). The number of nitrogens with zero attached hydrogens (tertiary/aromatic N) is 3. The summed E-state index contributed by atoms with van der Waals surface area (Å²) in [5.41, 5.74) is 1.15. The van der Waals surface area contributed by atoms with E-state index in [9.17, 15) is 0 Å². The van der Waals surface area contributed by atoms with E-state index in [0.29, 0.717) is 5.95 Å². The van der Waals surface area contributed by atoms with E-state index in [0.717, 1.165) is 28.2 Å². The Hall–Kier alpha value is -1.56. The van der Waals surface area contributed by atoms with E-state index >= 15 is 0 Å². The summed E-state index contributed by atoms with van der Waals surface area (Å²) in [4.78, 5) is 10.6. The molecule has 0 bridgehead atoms. The molecule has 0 unspecified atom stereocenters. The summed E-state index contributed by atoms with van der Waals surface area (Å²) in [6.45, 7) is 2.69. The molecule has 0 fully saturated rings. The van der Waals surface area contributed by atoms with Crippen LogP contribution in [-0.2, 0) is 6.54 Å². The second kappa shape index (κ2) is 5.39. The van der Waals surface area contributed by atoms with E-state index < -0.39 is 0 Å². The van der Waals surface area contributed by atoms with Crippen LogP contribution < -0.4 is 10.2 Å². The minimum Gasteiger partial charge on any atom is -0.469 e. The van der Waals surface area contributed by atoms with E-state index in [2.05, 4.69) is 31.2 Å². The lowest BCUT2D eigenvalue weighted by Gasteiger charge is -2.19. The molecule has 0 aromatic carbocycles. The normalized spacial score (nSPS) is 10.4. The molecule has 2 aromatic heterocycles. The zero-order valence-corrected chi connectivity index (χ0v) is 12.2. The first kappa shape index (κ1) is 12.9. The highest BCUT2D eigenvalue weighted by atomic mass is 79.9. The Morgan fingerprint density at radius 3 is 2.89 bits per heavy atom. The Labute approximate surface area is 114 Å². The quantitative estimate of drug-likeness (QED) is 0.941. The summed E-state index contributed by atoms with van der Waals surface area (Å²) in [5, 5.41) is 2.93. The van der Waals surface area contributed by atoms with Crippen LogP contribution in [0.15, 0.2) is 27.4 Å². The molecule has 0 aliphatic carbocycles. The molecule has 0 aliphatic heterocycles. The van der Waals surface area contributed by atoms with Crippen molar-refractivity contribution in [3.8, 4) is 0 Å². The van der Waals surface area contributed by atoms with Crippen LogP contribution in [0.3, 0.4) is 0 Å². The average Bonchev–Trinajstić information content (AvgIpc) is 2.75. The molecule has 0 aliphatic rings. The molecule has 0 spiro atoms. The van der Waals surface area contributed by atoms with Gasteiger partial charge in [-0.15, -0.1) is 0 Å². The number of aryl methyl sites for hydroxylation is 1. The first-order chi connectivity index (χ1) is 8.61. The Morgan fingerprint density at radius 2 is 2.28 bits per heavy atom. The number of rotatable bonds is 4. The van der Waals surface area contributed by atoms with Crippen molar-refractivity contribution in [2.75, 3.05) is 24.3 Å². The van der Waals surface area contributed by atoms with Gasteiger partial charge in [-0.1, -0.05) is 0 Å². The molecule has 1 N–H and O–H groups in total. The fourth-order valence-electron chi connectivity index (χ4n) is 1.65. The van der Waals surface area contributed by atoms with Crippen molar-refractivity contribution in [3.63, 3.8) is 0 Å². The highest BCUT2D eigenvalue weighted by Gasteiger charge is 2.12. The largest absolute Gasteiger partial charge is 0.469 e. The van der Waals surface area contributed by atoms with Crippen LogP contribution in [0.2, 0.25) is 0 Å². The van der Waals surface area contributed by atoms with Crippen LogP contribution in [0, 0.1) is 6.92 Å². The Bertz CT molecular complexity index is 541. The maximum atomic E-state index is 5.29. The predicted octanol–water partition coefficient (Wildman–Crippen LogP) is 2.82. The van der Waals surface area contributed by atoms with Gasteiger partial charge in [0, 0.05) is 32.4 Å². The first-order valence-corrected chi connectivity index (χ1v) is 6.35. The summed E-state index contributed by atoms with van der Waals surface area (Å²) < 4.78 is 6.16. The average molecular weight is 311 g/mol. The molecule has 0 atom stereocenters. The molecule has 0 saturated carbocycles. The summed E-state index contributed by atoms with van der Waals surface area (Å²) in [6.07, 6.45) is 3.44. The van der Waals surface area contributed by atoms with Crippen molar-refractivity contribution < 1.29 is 4.42 Å². The fourth-order valence-corrected chi connectivity index (χ4v) is 2.15. The van der Waals surface area contributed by atoms with Gasteiger partial charge in [0.25, 0.3) is 0 Å². The molecule has 0 saturated heterocycles. The number of aromatic nitrogens is 2. The standard InChI is InChI=1S/C12H15BrN4O/c1-8-9(4-5-18-8)7-17(3)11-10(13)6-15-12(14-2)16-11/h4-6H,7H2,1-3H3,(H,14,15,16). The lowest BCUT2D eigenvalue weighted by molar-refractivity contribution is 0.529. The zero-order chi connectivity index (χ0) is 13.1. The summed E-state index contributed by atoms with van der Waals surface area (Å²) in [6, 6.07) is 1.97. The molecule has 18 heavy (non-hydrogen) atoms. The zero-order valence-electron chi connectivity index (χ0n) is 10.6. The first-order valence-electron chi connectivity index (χ1n) is 5.56. The molecule has 2 heterocycles. The van der Waals surface area contributed by atoms with E-state index in [4.69, 9.17) is 4.42 Å². The molecule has 0 radical (unpaired) electrons. The number of hydrogen-bond acceptors (Lipinski definition) is 5. The van der Waals surface area contributed by atoms with Crippen molar-refractivity contribution >= 4 is 27.7 Å². The highest BCUT2D eigenvalue weighted by molar-refractivity contribution is 9.10. The van der Waals surface area contributed by atoms with Crippen LogP contribution in [-0.4, -0.2) is 24.1 Å². The fraction of sp³-hybridized carbons (Fsp3) is 0.333. The lowest BCUT2D eigenvalue weighted by atomic mass is 10.2. The summed E-state index contributed by atoms with van der Waals surface area (Å²) in [7, 11) is 3.78. The van der Waals surface area contributed by atoms with Crippen LogP contribution in [0.1, 0.15) is 11.3 Å². The Kier molecular flexibility index (Phi) is 3.86. The Balaban J connectivity index is 2.23. The maximum Gasteiger partial charge on any atom is 0.224 e. The van der Waals surface area contributed by atoms with Gasteiger partial charge in [-0.2, -0.15) is 4.98 Å². The maximum absolute atomic E-state index is 5.29. The van der Waals surface area contributed by atoms with Gasteiger partial charge in [-0.05, 0) is 28.9 Å². The highest BCUT2D eigenvalue weighted by Crippen LogP contribution is 2.25. The third-order valence-electron chi connectivity index (χ3n) is 2.68. The lowest BCUT2D eigenvalue weighted by Crippen LogP contribution is -2.19. The molecule has 2 aromatic rings. The van der Waals surface area contributed by atoms with Crippen LogP contribution in [0.5, 0.6) is 0 Å². The van der Waals surface area contributed by atoms with E-state index in [1.165, 1.54) is 0 Å². The van der Waals surface area contributed by atoms with Crippen molar-refractivity contribution in [1.29, 1.82) is 0 Å². The van der Waals surface area contributed by atoms with E-state index in [1.54, 1.807) is 19.5 Å². The molecule has 96 valence electrons. The van der Waals surface area contributed by atoms with Gasteiger partial charge in [0.2, 0.25) is 5.95 Å². The monoisotopic (exact) mass is 310 g/mol. The molecular weight excluding hydrogens is 296 g/mol. The smallest absolute Gasteiger partial charge is 0.224 e. The van der Waals surface area contributed by atoms with Crippen molar-refractivity contribution in [1.82, 2.24) is 9.97 Å². The summed E-state index contributed by atoms with van der Waals surface area (Å²) in [5.74, 6) is 2.37. The molecule has 0 amide bonds. The molecular formula is C12H15BrN4O. The van der Waals surface area contributed by atoms with Gasteiger partial charge in [0.15, 0.2) is 0 Å². The number of anilines is 2. The SMILES string of the molecule is CNc1ncc(Br)c(N(C)Cc2ccoc2C)n1. The minimum absolute atomic E-state index is 0.601. The number of halogens is 1. The minimum atomic E-state index is 0.601. The van der Waals surface area contributed by atoms with Crippen LogP contribution >= 0.6 is 15.9 Å². The van der Waals surface area contributed by atoms with Crippen LogP contribution in [0.4, 0.5) is 11.8 Å². The van der Waals surface area contributed by atoms with Crippen molar-refractivity contribution in [3.05, 3.63) is 34.3 Å². The third-order valence-corrected chi connectivity index (χ3v) is 3.24. The number of hydrogen-bond donors (Lipinski definition) is 1. The Morgan fingerprint density at radius 1 is 1.50 bits per heavy atom.